The Balaban J connectivity index is 1.71. The molecule has 1 aromatic rings. The van der Waals surface area contributed by atoms with Crippen LogP contribution in [0, 0.1) is 17.7 Å². The van der Waals surface area contributed by atoms with Crippen molar-refractivity contribution in [2.24, 2.45) is 11.8 Å². The average molecular weight is 439 g/mol. The van der Waals surface area contributed by atoms with Crippen molar-refractivity contribution in [2.45, 2.75) is 58.0 Å². The molecule has 1 aromatic heterocycles. The quantitative estimate of drug-likeness (QED) is 0.244. The van der Waals surface area contributed by atoms with E-state index in [-0.39, 0.29) is 31.1 Å². The molecule has 2 aliphatic rings. The van der Waals surface area contributed by atoms with Crippen molar-refractivity contribution in [3.05, 3.63) is 11.6 Å². The molecule has 31 heavy (non-hydrogen) atoms. The van der Waals surface area contributed by atoms with Gasteiger partial charge in [0.25, 0.3) is 0 Å². The highest BCUT2D eigenvalue weighted by Crippen LogP contribution is 2.31. The van der Waals surface area contributed by atoms with E-state index in [2.05, 4.69) is 20.8 Å². The van der Waals surface area contributed by atoms with E-state index in [9.17, 15) is 19.9 Å². The molecule has 1 aliphatic carbocycles. The summed E-state index contributed by atoms with van der Waals surface area (Å²) >= 11 is 0. The van der Waals surface area contributed by atoms with E-state index in [1.54, 1.807) is 4.90 Å². The molecule has 11 heteroatoms. The Morgan fingerprint density at radius 2 is 2.10 bits per heavy atom. The van der Waals surface area contributed by atoms with Crippen LogP contribution in [0.2, 0.25) is 0 Å². The van der Waals surface area contributed by atoms with Crippen molar-refractivity contribution in [1.29, 1.82) is 0 Å². The van der Waals surface area contributed by atoms with E-state index in [1.807, 2.05) is 6.92 Å². The first-order chi connectivity index (χ1) is 14.9. The molecule has 1 saturated carbocycles. The first kappa shape index (κ1) is 23.1. The van der Waals surface area contributed by atoms with Gasteiger partial charge in [0, 0.05) is 19.5 Å². The Morgan fingerprint density at radius 3 is 2.71 bits per heavy atom. The predicted octanol–water partition coefficient (Wildman–Crippen LogP) is 1.24. The lowest BCUT2D eigenvalue weighted by Crippen LogP contribution is -2.41. The van der Waals surface area contributed by atoms with Crippen LogP contribution in [0.4, 0.5) is 16.0 Å². The standard InChI is InChI=1S/C20H31FN6O4/c1-2-16-22-18(17(21)19(23-16)26-8-7-15(29)11-26)24-25-20(30)14(10-27(31)12-28)9-13-5-3-4-6-13/h12-15,29,31H,2-11H2,1H3,(H,25,30)(H,22,23,24)/t14-,15-/m0/s1. The van der Waals surface area contributed by atoms with E-state index in [0.29, 0.717) is 42.6 Å². The van der Waals surface area contributed by atoms with E-state index in [4.69, 9.17) is 0 Å². The van der Waals surface area contributed by atoms with Gasteiger partial charge in [-0.15, -0.1) is 0 Å². The lowest BCUT2D eigenvalue weighted by atomic mass is 9.92. The van der Waals surface area contributed by atoms with Gasteiger partial charge in [0.05, 0.1) is 18.6 Å². The summed E-state index contributed by atoms with van der Waals surface area (Å²) in [4.78, 5) is 33.6. The molecule has 2 heterocycles. The maximum absolute atomic E-state index is 15.1. The molecule has 0 radical (unpaired) electrons. The van der Waals surface area contributed by atoms with Gasteiger partial charge in [-0.3, -0.25) is 25.6 Å². The van der Waals surface area contributed by atoms with E-state index < -0.39 is 23.7 Å². The zero-order valence-electron chi connectivity index (χ0n) is 17.8. The number of rotatable bonds is 10. The molecule has 2 atom stereocenters. The Morgan fingerprint density at radius 1 is 1.35 bits per heavy atom. The Hall–Kier alpha value is -2.53. The second kappa shape index (κ2) is 10.7. The normalized spacial score (nSPS) is 20.0. The second-order valence-corrected chi connectivity index (χ2v) is 8.29. The molecule has 0 spiro atoms. The van der Waals surface area contributed by atoms with E-state index >= 15 is 4.39 Å². The molecular weight excluding hydrogens is 407 g/mol. The van der Waals surface area contributed by atoms with Crippen LogP contribution in [0.3, 0.4) is 0 Å². The Labute approximate surface area is 180 Å². The van der Waals surface area contributed by atoms with Gasteiger partial charge in [-0.25, -0.2) is 15.0 Å². The van der Waals surface area contributed by atoms with Crippen molar-refractivity contribution < 1.29 is 24.3 Å². The fourth-order valence-electron chi connectivity index (χ4n) is 4.27. The number of nitrogens with zero attached hydrogens (tertiary/aromatic N) is 4. The van der Waals surface area contributed by atoms with Crippen LogP contribution in [0.25, 0.3) is 0 Å². The highest BCUT2D eigenvalue weighted by atomic mass is 19.1. The van der Waals surface area contributed by atoms with Gasteiger partial charge in [-0.2, -0.15) is 4.39 Å². The minimum Gasteiger partial charge on any atom is -0.391 e. The van der Waals surface area contributed by atoms with Crippen LogP contribution in [0.15, 0.2) is 0 Å². The van der Waals surface area contributed by atoms with Crippen LogP contribution in [-0.2, 0) is 16.0 Å². The summed E-state index contributed by atoms with van der Waals surface area (Å²) in [5, 5.41) is 19.8. The number of aromatic nitrogens is 2. The summed E-state index contributed by atoms with van der Waals surface area (Å²) in [7, 11) is 0. The number of amides is 2. The van der Waals surface area contributed by atoms with Gasteiger partial charge in [0.2, 0.25) is 18.1 Å². The number of hydrogen-bond acceptors (Lipinski definition) is 8. The molecule has 1 aliphatic heterocycles. The maximum atomic E-state index is 15.1. The zero-order chi connectivity index (χ0) is 22.4. The highest BCUT2D eigenvalue weighted by Gasteiger charge is 2.29. The van der Waals surface area contributed by atoms with Crippen LogP contribution in [0.5, 0.6) is 0 Å². The first-order valence-corrected chi connectivity index (χ1v) is 10.9. The topological polar surface area (TPSA) is 131 Å². The Bertz CT molecular complexity index is 776. The van der Waals surface area contributed by atoms with E-state index in [0.717, 1.165) is 25.7 Å². The number of carbonyl (C=O) groups excluding carboxylic acids is 2. The first-order valence-electron chi connectivity index (χ1n) is 10.9. The maximum Gasteiger partial charge on any atom is 0.243 e. The lowest BCUT2D eigenvalue weighted by molar-refractivity contribution is -0.154. The molecule has 2 fully saturated rings. The number of nitrogens with one attached hydrogen (secondary N) is 2. The molecule has 2 amide bonds. The second-order valence-electron chi connectivity index (χ2n) is 8.29. The third kappa shape index (κ3) is 6.01. The summed E-state index contributed by atoms with van der Waals surface area (Å²) < 4.78 is 15.1. The largest absolute Gasteiger partial charge is 0.391 e. The van der Waals surface area contributed by atoms with Gasteiger partial charge in [0.15, 0.2) is 11.6 Å². The number of aryl methyl sites for hydroxylation is 1. The smallest absolute Gasteiger partial charge is 0.243 e. The third-order valence-corrected chi connectivity index (χ3v) is 5.96. The molecule has 0 unspecified atom stereocenters. The average Bonchev–Trinajstić information content (AvgIpc) is 3.43. The molecular formula is C20H31FN6O4. The van der Waals surface area contributed by atoms with Crippen LogP contribution < -0.4 is 15.8 Å². The number of anilines is 2. The molecule has 3 rings (SSSR count). The van der Waals surface area contributed by atoms with Gasteiger partial charge >= 0.3 is 0 Å². The summed E-state index contributed by atoms with van der Waals surface area (Å²) in [6, 6.07) is 0. The number of hydrazine groups is 1. The summed E-state index contributed by atoms with van der Waals surface area (Å²) in [5.74, 6) is -1.13. The zero-order valence-corrected chi connectivity index (χ0v) is 17.8. The number of hydrogen-bond donors (Lipinski definition) is 4. The van der Waals surface area contributed by atoms with Crippen molar-refractivity contribution in [1.82, 2.24) is 20.5 Å². The molecule has 1 saturated heterocycles. The van der Waals surface area contributed by atoms with Gasteiger partial charge in [-0.05, 0) is 18.8 Å². The number of aliphatic hydroxyl groups excluding tert-OH is 1. The van der Waals surface area contributed by atoms with Crippen molar-refractivity contribution in [2.75, 3.05) is 30.0 Å². The molecule has 10 nitrogen and oxygen atoms in total. The van der Waals surface area contributed by atoms with Gasteiger partial charge < -0.3 is 10.0 Å². The number of halogens is 1. The van der Waals surface area contributed by atoms with Crippen LogP contribution >= 0.6 is 0 Å². The fourth-order valence-corrected chi connectivity index (χ4v) is 4.27. The third-order valence-electron chi connectivity index (χ3n) is 5.96. The molecule has 172 valence electrons. The van der Waals surface area contributed by atoms with Gasteiger partial charge in [-0.1, -0.05) is 32.6 Å². The van der Waals surface area contributed by atoms with Crippen molar-refractivity contribution in [3.63, 3.8) is 0 Å². The van der Waals surface area contributed by atoms with Crippen LogP contribution in [0.1, 0.15) is 51.3 Å². The summed E-state index contributed by atoms with van der Waals surface area (Å²) in [6.45, 7) is 2.46. The monoisotopic (exact) mass is 438 g/mol. The number of aliphatic hydroxyl groups is 1. The summed E-state index contributed by atoms with van der Waals surface area (Å²) in [6.07, 6.45) is 5.48. The molecule has 0 bridgehead atoms. The van der Waals surface area contributed by atoms with E-state index in [1.165, 1.54) is 0 Å². The Kier molecular flexibility index (Phi) is 7.97. The molecule has 0 aromatic carbocycles. The fraction of sp³-hybridized carbons (Fsp3) is 0.700. The number of β-amino-alcohol motifs (C(OH)–C–C–N with tert-alkyl or cyclic N) is 1. The minimum atomic E-state index is -0.712. The van der Waals surface area contributed by atoms with Crippen LogP contribution in [-0.4, -0.2) is 63.4 Å². The number of carbonyl (C=O) groups is 2. The minimum absolute atomic E-state index is 0.0881. The number of hydroxylamine groups is 2. The predicted molar refractivity (Wildman–Crippen MR) is 111 cm³/mol. The van der Waals surface area contributed by atoms with Gasteiger partial charge in [0.1, 0.15) is 5.82 Å². The SMILES string of the molecule is CCc1nc(NNC(=O)[C@@H](CC2CCCC2)CN(O)C=O)c(F)c(N2CC[C@H](O)C2)n1. The molecule has 4 N–H and O–H groups in total. The van der Waals surface area contributed by atoms with Crippen molar-refractivity contribution in [3.8, 4) is 0 Å². The highest BCUT2D eigenvalue weighted by molar-refractivity contribution is 5.80. The van der Waals surface area contributed by atoms with Crippen molar-refractivity contribution >= 4 is 24.0 Å². The lowest BCUT2D eigenvalue weighted by Gasteiger charge is -2.23. The summed E-state index contributed by atoms with van der Waals surface area (Å²) in [5.41, 5.74) is 5.04.